The molecule has 0 aliphatic carbocycles. The molecule has 4 heteroatoms. The van der Waals surface area contributed by atoms with Crippen molar-refractivity contribution >= 4 is 5.91 Å². The van der Waals surface area contributed by atoms with Gasteiger partial charge in [0.1, 0.15) is 0 Å². The Bertz CT molecular complexity index is 649. The quantitative estimate of drug-likeness (QED) is 0.877. The van der Waals surface area contributed by atoms with Crippen molar-refractivity contribution in [3.8, 4) is 11.1 Å². The standard InChI is InChI=1S/C20H24N2O2/c1-15(22-20(23)11-10-19-5-3-13-24-19)16-6-8-17(9-7-16)18-4-2-12-21-14-18/h2,4,6-9,12,14-15,19H,3,5,10-11,13H2,1H3,(H,22,23)/t15-,19-/m1/s1. The maximum Gasteiger partial charge on any atom is 0.220 e. The van der Waals surface area contributed by atoms with Crippen LogP contribution in [0.25, 0.3) is 11.1 Å². The molecule has 0 bridgehead atoms. The molecule has 2 atom stereocenters. The molecule has 1 aliphatic rings. The molecular formula is C20H24N2O2. The van der Waals surface area contributed by atoms with Gasteiger partial charge in [0, 0.05) is 25.4 Å². The maximum absolute atomic E-state index is 12.1. The predicted octanol–water partition coefficient (Wildman–Crippen LogP) is 3.89. The average molecular weight is 324 g/mol. The molecule has 2 aromatic rings. The van der Waals surface area contributed by atoms with Crippen LogP contribution in [0.5, 0.6) is 0 Å². The summed E-state index contributed by atoms with van der Waals surface area (Å²) >= 11 is 0. The van der Waals surface area contributed by atoms with E-state index in [-0.39, 0.29) is 18.1 Å². The van der Waals surface area contributed by atoms with E-state index in [0.29, 0.717) is 6.42 Å². The highest BCUT2D eigenvalue weighted by Crippen LogP contribution is 2.21. The zero-order chi connectivity index (χ0) is 16.8. The van der Waals surface area contributed by atoms with Crippen molar-refractivity contribution in [3.63, 3.8) is 0 Å². The Morgan fingerprint density at radius 2 is 2.12 bits per heavy atom. The smallest absolute Gasteiger partial charge is 0.220 e. The van der Waals surface area contributed by atoms with Gasteiger partial charge in [0.2, 0.25) is 5.91 Å². The molecule has 1 aromatic heterocycles. The number of hydrogen-bond donors (Lipinski definition) is 1. The van der Waals surface area contributed by atoms with Crippen LogP contribution in [-0.2, 0) is 9.53 Å². The van der Waals surface area contributed by atoms with Gasteiger partial charge < -0.3 is 10.1 Å². The number of carbonyl (C=O) groups is 1. The highest BCUT2D eigenvalue weighted by atomic mass is 16.5. The lowest BCUT2D eigenvalue weighted by molar-refractivity contribution is -0.122. The van der Waals surface area contributed by atoms with E-state index in [2.05, 4.69) is 34.6 Å². The second kappa shape index (κ2) is 8.06. The van der Waals surface area contributed by atoms with Crippen molar-refractivity contribution in [1.29, 1.82) is 0 Å². The number of carbonyl (C=O) groups excluding carboxylic acids is 1. The third-order valence-electron chi connectivity index (χ3n) is 4.50. The number of amides is 1. The summed E-state index contributed by atoms with van der Waals surface area (Å²) in [6, 6.07) is 12.2. The zero-order valence-electron chi connectivity index (χ0n) is 14.1. The van der Waals surface area contributed by atoms with E-state index >= 15 is 0 Å². The highest BCUT2D eigenvalue weighted by molar-refractivity contribution is 5.76. The van der Waals surface area contributed by atoms with Gasteiger partial charge in [-0.1, -0.05) is 30.3 Å². The van der Waals surface area contributed by atoms with Crippen molar-refractivity contribution in [2.45, 2.75) is 44.8 Å². The monoisotopic (exact) mass is 324 g/mol. The molecule has 1 fully saturated rings. The van der Waals surface area contributed by atoms with Gasteiger partial charge in [0.25, 0.3) is 0 Å². The fraction of sp³-hybridized carbons (Fsp3) is 0.400. The number of rotatable bonds is 6. The van der Waals surface area contributed by atoms with Crippen LogP contribution >= 0.6 is 0 Å². The Morgan fingerprint density at radius 3 is 2.79 bits per heavy atom. The van der Waals surface area contributed by atoms with Gasteiger partial charge in [-0.05, 0) is 48.9 Å². The Labute approximate surface area is 143 Å². The molecule has 126 valence electrons. The first kappa shape index (κ1) is 16.7. The Kier molecular flexibility index (Phi) is 5.59. The van der Waals surface area contributed by atoms with Crippen LogP contribution in [0.1, 0.15) is 44.2 Å². The summed E-state index contributed by atoms with van der Waals surface area (Å²) in [4.78, 5) is 16.2. The van der Waals surface area contributed by atoms with E-state index in [1.165, 1.54) is 0 Å². The first-order valence-electron chi connectivity index (χ1n) is 8.64. The van der Waals surface area contributed by atoms with Gasteiger partial charge in [0.05, 0.1) is 12.1 Å². The minimum Gasteiger partial charge on any atom is -0.378 e. The minimum atomic E-state index is 0.00458. The Balaban J connectivity index is 1.52. The van der Waals surface area contributed by atoms with Crippen molar-refractivity contribution in [1.82, 2.24) is 10.3 Å². The molecule has 1 aliphatic heterocycles. The number of ether oxygens (including phenoxy) is 1. The molecule has 1 saturated heterocycles. The van der Waals surface area contributed by atoms with Crippen molar-refractivity contribution in [2.75, 3.05) is 6.61 Å². The Hall–Kier alpha value is -2.20. The lowest BCUT2D eigenvalue weighted by atomic mass is 10.0. The zero-order valence-corrected chi connectivity index (χ0v) is 14.1. The number of benzene rings is 1. The van der Waals surface area contributed by atoms with Gasteiger partial charge in [-0.15, -0.1) is 0 Å². The lowest BCUT2D eigenvalue weighted by Gasteiger charge is -2.16. The number of pyridine rings is 1. The molecule has 4 nitrogen and oxygen atoms in total. The largest absolute Gasteiger partial charge is 0.378 e. The van der Waals surface area contributed by atoms with Crippen LogP contribution in [0, 0.1) is 0 Å². The summed E-state index contributed by atoms with van der Waals surface area (Å²) in [5, 5.41) is 3.07. The summed E-state index contributed by atoms with van der Waals surface area (Å²) in [6.07, 6.45) is 7.44. The molecule has 0 saturated carbocycles. The summed E-state index contributed by atoms with van der Waals surface area (Å²) in [5.41, 5.74) is 3.33. The van der Waals surface area contributed by atoms with Gasteiger partial charge in [-0.3, -0.25) is 9.78 Å². The second-order valence-electron chi connectivity index (χ2n) is 6.33. The molecule has 2 heterocycles. The van der Waals surface area contributed by atoms with E-state index < -0.39 is 0 Å². The fourth-order valence-corrected chi connectivity index (χ4v) is 3.06. The fourth-order valence-electron chi connectivity index (χ4n) is 3.06. The molecule has 3 rings (SSSR count). The first-order valence-corrected chi connectivity index (χ1v) is 8.64. The van der Waals surface area contributed by atoms with Crippen molar-refractivity contribution < 1.29 is 9.53 Å². The molecule has 1 N–H and O–H groups in total. The third-order valence-corrected chi connectivity index (χ3v) is 4.50. The minimum absolute atomic E-state index is 0.00458. The van der Waals surface area contributed by atoms with Crippen LogP contribution in [0.4, 0.5) is 0 Å². The van der Waals surface area contributed by atoms with Crippen molar-refractivity contribution in [3.05, 3.63) is 54.4 Å². The second-order valence-corrected chi connectivity index (χ2v) is 6.33. The number of nitrogens with one attached hydrogen (secondary N) is 1. The van der Waals surface area contributed by atoms with E-state index in [1.807, 2.05) is 25.3 Å². The Morgan fingerprint density at radius 1 is 1.29 bits per heavy atom. The van der Waals surface area contributed by atoms with Gasteiger partial charge in [-0.2, -0.15) is 0 Å². The highest BCUT2D eigenvalue weighted by Gasteiger charge is 2.17. The maximum atomic E-state index is 12.1. The molecule has 24 heavy (non-hydrogen) atoms. The number of aromatic nitrogens is 1. The van der Waals surface area contributed by atoms with Crippen LogP contribution in [0.2, 0.25) is 0 Å². The topological polar surface area (TPSA) is 51.2 Å². The molecule has 0 unspecified atom stereocenters. The summed E-state index contributed by atoms with van der Waals surface area (Å²) in [6.45, 7) is 2.86. The van der Waals surface area contributed by atoms with E-state index in [4.69, 9.17) is 4.74 Å². The first-order chi connectivity index (χ1) is 11.7. The van der Waals surface area contributed by atoms with E-state index in [1.54, 1.807) is 6.20 Å². The SMILES string of the molecule is C[C@@H](NC(=O)CC[C@H]1CCCO1)c1ccc(-c2cccnc2)cc1. The third kappa shape index (κ3) is 4.42. The van der Waals surface area contributed by atoms with Crippen LogP contribution in [0.3, 0.4) is 0 Å². The number of nitrogens with zero attached hydrogens (tertiary/aromatic N) is 1. The molecular weight excluding hydrogens is 300 g/mol. The molecule has 0 spiro atoms. The van der Waals surface area contributed by atoms with Gasteiger partial charge in [-0.25, -0.2) is 0 Å². The van der Waals surface area contributed by atoms with Crippen LogP contribution in [0.15, 0.2) is 48.8 Å². The molecule has 1 amide bonds. The molecule has 0 radical (unpaired) electrons. The van der Waals surface area contributed by atoms with E-state index in [9.17, 15) is 4.79 Å². The van der Waals surface area contributed by atoms with Crippen LogP contribution < -0.4 is 5.32 Å². The normalized spacial score (nSPS) is 18.3. The van der Waals surface area contributed by atoms with E-state index in [0.717, 1.165) is 42.6 Å². The van der Waals surface area contributed by atoms with Gasteiger partial charge >= 0.3 is 0 Å². The lowest BCUT2D eigenvalue weighted by Crippen LogP contribution is -2.27. The molecule has 1 aromatic carbocycles. The summed E-state index contributed by atoms with van der Waals surface area (Å²) in [7, 11) is 0. The summed E-state index contributed by atoms with van der Waals surface area (Å²) < 4.78 is 5.56. The predicted molar refractivity (Wildman–Crippen MR) is 94.4 cm³/mol. The average Bonchev–Trinajstić information content (AvgIpc) is 3.14. The van der Waals surface area contributed by atoms with Crippen molar-refractivity contribution in [2.24, 2.45) is 0 Å². The summed E-state index contributed by atoms with van der Waals surface area (Å²) in [5.74, 6) is 0.0920. The van der Waals surface area contributed by atoms with Gasteiger partial charge in [0.15, 0.2) is 0 Å². The number of hydrogen-bond acceptors (Lipinski definition) is 3. The van der Waals surface area contributed by atoms with Crippen LogP contribution in [-0.4, -0.2) is 23.6 Å².